The summed E-state index contributed by atoms with van der Waals surface area (Å²) in [4.78, 5) is 0. The number of aliphatic hydroxyl groups excluding tert-OH is 1. The molecule has 0 aromatic heterocycles. The molecule has 0 heterocycles. The summed E-state index contributed by atoms with van der Waals surface area (Å²) in [6.45, 7) is 12.6. The van der Waals surface area contributed by atoms with Crippen LogP contribution in [0.5, 0.6) is 0 Å². The molecule has 4 aliphatic carbocycles. The molecule has 0 aromatic carbocycles. The van der Waals surface area contributed by atoms with Crippen molar-refractivity contribution in [2.45, 2.75) is 111 Å². The zero-order valence-electron chi connectivity index (χ0n) is 19.3. The van der Waals surface area contributed by atoms with E-state index in [1.807, 2.05) is 0 Å². The average Bonchev–Trinajstić information content (AvgIpc) is 2.99. The first-order valence-corrected chi connectivity index (χ1v) is 12.6. The normalized spacial score (nSPS) is 44.9. The van der Waals surface area contributed by atoms with Crippen LogP contribution in [-0.4, -0.2) is 40.8 Å². The van der Waals surface area contributed by atoms with Gasteiger partial charge in [-0.05, 0) is 97.7 Å². The zero-order chi connectivity index (χ0) is 20.1. The van der Waals surface area contributed by atoms with Crippen molar-refractivity contribution in [3.05, 3.63) is 11.6 Å². The van der Waals surface area contributed by atoms with E-state index in [9.17, 15) is 5.11 Å². The van der Waals surface area contributed by atoms with Gasteiger partial charge >= 0.3 is 29.6 Å². The van der Waals surface area contributed by atoms with E-state index in [4.69, 9.17) is 0 Å². The molecule has 0 bridgehead atoms. The van der Waals surface area contributed by atoms with Crippen molar-refractivity contribution in [2.75, 3.05) is 0 Å². The molecule has 0 aromatic rings. The number of fused-ring (bicyclic) bond motifs is 5. The van der Waals surface area contributed by atoms with Crippen molar-refractivity contribution in [3.63, 3.8) is 0 Å². The number of rotatable bonds is 5. The van der Waals surface area contributed by atoms with E-state index in [1.165, 1.54) is 57.8 Å². The Morgan fingerprint density at radius 3 is 2.48 bits per heavy atom. The fourth-order valence-electron chi connectivity index (χ4n) is 8.67. The van der Waals surface area contributed by atoms with Crippen LogP contribution in [0.25, 0.3) is 0 Å². The molecule has 4 aliphatic rings. The molecule has 162 valence electrons. The van der Waals surface area contributed by atoms with Crippen molar-refractivity contribution in [2.24, 2.45) is 46.3 Å². The van der Waals surface area contributed by atoms with Gasteiger partial charge in [-0.25, -0.2) is 0 Å². The number of hydrogen-bond donors (Lipinski definition) is 1. The van der Waals surface area contributed by atoms with Gasteiger partial charge in [0.05, 0.1) is 6.10 Å². The summed E-state index contributed by atoms with van der Waals surface area (Å²) < 4.78 is 0. The summed E-state index contributed by atoms with van der Waals surface area (Å²) in [6, 6.07) is 0. The van der Waals surface area contributed by atoms with Crippen LogP contribution in [0.2, 0.25) is 0 Å². The van der Waals surface area contributed by atoms with Crippen LogP contribution in [0.15, 0.2) is 11.6 Å². The Kier molecular flexibility index (Phi) is 7.79. The Morgan fingerprint density at radius 1 is 1.00 bits per heavy atom. The predicted molar refractivity (Wildman–Crippen MR) is 126 cm³/mol. The minimum atomic E-state index is -0.0766. The third-order valence-corrected chi connectivity index (χ3v) is 10.3. The molecule has 0 amide bonds. The van der Waals surface area contributed by atoms with Crippen molar-refractivity contribution in [3.8, 4) is 0 Å². The number of allylic oxidation sites excluding steroid dienone is 1. The molecule has 1 nitrogen and oxygen atoms in total. The fourth-order valence-corrected chi connectivity index (χ4v) is 8.67. The molecule has 3 fully saturated rings. The molecule has 29 heavy (non-hydrogen) atoms. The number of hydrogen-bond acceptors (Lipinski definition) is 1. The summed E-state index contributed by atoms with van der Waals surface area (Å²) >= 11 is 0. The Balaban J connectivity index is 0.00000240. The van der Waals surface area contributed by atoms with E-state index in [0.717, 1.165) is 48.3 Å². The summed E-state index contributed by atoms with van der Waals surface area (Å²) in [5.41, 5.74) is 2.60. The topological polar surface area (TPSA) is 20.2 Å². The fraction of sp³-hybridized carbons (Fsp3) is 0.926. The minimum absolute atomic E-state index is 0. The first-order chi connectivity index (χ1) is 13.3. The second-order valence-electron chi connectivity index (χ2n) is 12.2. The van der Waals surface area contributed by atoms with Gasteiger partial charge in [-0.15, -0.1) is 0 Å². The summed E-state index contributed by atoms with van der Waals surface area (Å²) in [6.07, 6.45) is 17.2. The predicted octanol–water partition coefficient (Wildman–Crippen LogP) is 6.74. The van der Waals surface area contributed by atoms with Gasteiger partial charge in [-0.2, -0.15) is 0 Å². The first-order valence-electron chi connectivity index (χ1n) is 12.6. The zero-order valence-corrected chi connectivity index (χ0v) is 19.3. The Bertz CT molecular complexity index is 597. The first kappa shape index (κ1) is 24.3. The molecule has 4 rings (SSSR count). The molecule has 2 heteroatoms. The Labute approximate surface area is 203 Å². The Morgan fingerprint density at radius 2 is 1.76 bits per heavy atom. The molecule has 0 spiro atoms. The van der Waals surface area contributed by atoms with Crippen LogP contribution in [0.3, 0.4) is 0 Å². The van der Waals surface area contributed by atoms with Crippen LogP contribution in [0.1, 0.15) is 105 Å². The summed E-state index contributed by atoms with van der Waals surface area (Å²) in [5.74, 6) is 5.46. The molecular weight excluding hydrogens is 363 g/mol. The second kappa shape index (κ2) is 9.29. The maximum atomic E-state index is 10.2. The van der Waals surface area contributed by atoms with Crippen LogP contribution >= 0.6 is 0 Å². The van der Waals surface area contributed by atoms with Gasteiger partial charge in [0.2, 0.25) is 0 Å². The SMILES string of the molecule is CC(C)CCC[C@@H](C)[C@H]1CCC2[C@H]3CC=C4CC(O)CC[C@]4(C)[C@@H]3CC[C@@]21C.[NaH]. The van der Waals surface area contributed by atoms with Crippen LogP contribution in [-0.2, 0) is 0 Å². The molecule has 0 aliphatic heterocycles. The molecule has 2 unspecified atom stereocenters. The third-order valence-electron chi connectivity index (χ3n) is 10.3. The number of aliphatic hydroxyl groups is 1. The van der Waals surface area contributed by atoms with E-state index in [2.05, 4.69) is 40.7 Å². The van der Waals surface area contributed by atoms with E-state index < -0.39 is 0 Å². The van der Waals surface area contributed by atoms with E-state index in [0.29, 0.717) is 10.8 Å². The molecule has 8 atom stereocenters. The van der Waals surface area contributed by atoms with Gasteiger partial charge in [0.25, 0.3) is 0 Å². The molecule has 3 saturated carbocycles. The van der Waals surface area contributed by atoms with Crippen LogP contribution in [0.4, 0.5) is 0 Å². The van der Waals surface area contributed by atoms with E-state index in [-0.39, 0.29) is 35.7 Å². The van der Waals surface area contributed by atoms with Crippen molar-refractivity contribution >= 4 is 29.6 Å². The van der Waals surface area contributed by atoms with Gasteiger partial charge in [0.15, 0.2) is 0 Å². The molecule has 0 radical (unpaired) electrons. The van der Waals surface area contributed by atoms with Crippen LogP contribution in [0, 0.1) is 46.3 Å². The van der Waals surface area contributed by atoms with Gasteiger partial charge in [0, 0.05) is 0 Å². The quantitative estimate of drug-likeness (QED) is 0.393. The van der Waals surface area contributed by atoms with Gasteiger partial charge < -0.3 is 5.11 Å². The molecule has 0 saturated heterocycles. The van der Waals surface area contributed by atoms with Crippen molar-refractivity contribution < 1.29 is 5.11 Å². The summed E-state index contributed by atoms with van der Waals surface area (Å²) in [5, 5.41) is 10.2. The standard InChI is InChI=1S/C27H46O.Na.H/c1-18(2)7-6-8-19(3)23-11-12-24-22-10-9-20-17-21(28)13-15-26(20,4)25(22)14-16-27(23,24)5;;/h9,18-19,21-25,28H,6-8,10-17H2,1-5H3;;/t19-,21?,22-,23-,24?,25-,26+,27-;;/m1../s1. The van der Waals surface area contributed by atoms with Gasteiger partial charge in [-0.1, -0.05) is 65.5 Å². The van der Waals surface area contributed by atoms with Gasteiger partial charge in [-0.3, -0.25) is 0 Å². The molecule has 1 N–H and O–H groups in total. The van der Waals surface area contributed by atoms with Crippen LogP contribution < -0.4 is 0 Å². The summed E-state index contributed by atoms with van der Waals surface area (Å²) in [7, 11) is 0. The molecular formula is C27H47NaO. The second-order valence-corrected chi connectivity index (χ2v) is 12.2. The maximum absolute atomic E-state index is 10.2. The van der Waals surface area contributed by atoms with E-state index in [1.54, 1.807) is 5.57 Å². The van der Waals surface area contributed by atoms with Gasteiger partial charge in [0.1, 0.15) is 0 Å². The Hall–Kier alpha value is 0.700. The average molecular weight is 411 g/mol. The monoisotopic (exact) mass is 410 g/mol. The van der Waals surface area contributed by atoms with Crippen molar-refractivity contribution in [1.82, 2.24) is 0 Å². The van der Waals surface area contributed by atoms with Crippen molar-refractivity contribution in [1.29, 1.82) is 0 Å². The third kappa shape index (κ3) is 4.34. The van der Waals surface area contributed by atoms with E-state index >= 15 is 0 Å².